The summed E-state index contributed by atoms with van der Waals surface area (Å²) in [6, 6.07) is 0. The maximum absolute atomic E-state index is 5.32. The van der Waals surface area contributed by atoms with Crippen LogP contribution in [0.5, 0.6) is 0 Å². The molecule has 0 saturated carbocycles. The zero-order valence-corrected chi connectivity index (χ0v) is 7.34. The average molecular weight is 206 g/mol. The highest BCUT2D eigenvalue weighted by Gasteiger charge is 1.85. The molecular formula is C5H4Cl4. The van der Waals surface area contributed by atoms with Crippen LogP contribution in [0.4, 0.5) is 0 Å². The largest absolute Gasteiger partial charge is 0.126 e. The van der Waals surface area contributed by atoms with Crippen LogP contribution in [0.25, 0.3) is 0 Å². The molecule has 0 aromatic carbocycles. The topological polar surface area (TPSA) is 0 Å². The van der Waals surface area contributed by atoms with Crippen molar-refractivity contribution < 1.29 is 0 Å². The molecule has 0 aliphatic carbocycles. The zero-order valence-electron chi connectivity index (χ0n) is 4.32. The van der Waals surface area contributed by atoms with E-state index in [0.717, 1.165) is 0 Å². The van der Waals surface area contributed by atoms with Gasteiger partial charge in [-0.15, -0.1) is 23.2 Å². The van der Waals surface area contributed by atoms with Gasteiger partial charge in [-0.2, -0.15) is 0 Å². The van der Waals surface area contributed by atoms with Gasteiger partial charge < -0.3 is 0 Å². The Balaban J connectivity index is 3.60. The summed E-state index contributed by atoms with van der Waals surface area (Å²) in [6.07, 6.45) is 4.62. The van der Waals surface area contributed by atoms with Crippen molar-refractivity contribution in [3.63, 3.8) is 0 Å². The van der Waals surface area contributed by atoms with Crippen LogP contribution < -0.4 is 0 Å². The fourth-order valence-electron chi connectivity index (χ4n) is 0.212. The highest BCUT2D eigenvalue weighted by molar-refractivity contribution is 6.56. The lowest BCUT2D eigenvalue weighted by Crippen LogP contribution is -1.72. The smallest absolute Gasteiger partial charge is 0.101 e. The molecule has 0 aliphatic rings. The van der Waals surface area contributed by atoms with Crippen molar-refractivity contribution in [2.24, 2.45) is 0 Å². The minimum Gasteiger partial charge on any atom is -0.101 e. The second kappa shape index (κ2) is 5.43. The Morgan fingerprint density at radius 1 is 1.22 bits per heavy atom. The molecule has 9 heavy (non-hydrogen) atoms. The van der Waals surface area contributed by atoms with Crippen LogP contribution in [0.1, 0.15) is 0 Å². The first kappa shape index (κ1) is 9.64. The Bertz CT molecular complexity index is 121. The summed E-state index contributed by atoms with van der Waals surface area (Å²) in [6.45, 7) is 0. The number of alkyl halides is 2. The van der Waals surface area contributed by atoms with Gasteiger partial charge in [-0.3, -0.25) is 0 Å². The molecule has 0 N–H and O–H groups in total. The lowest BCUT2D eigenvalue weighted by Gasteiger charge is -1.83. The van der Waals surface area contributed by atoms with Gasteiger partial charge in [0.2, 0.25) is 0 Å². The summed E-state index contributed by atoms with van der Waals surface area (Å²) in [7, 11) is 0. The van der Waals surface area contributed by atoms with Crippen molar-refractivity contribution in [1.82, 2.24) is 0 Å². The summed E-state index contributed by atoms with van der Waals surface area (Å²) in [5, 5.41) is 0. The molecule has 0 rings (SSSR count). The summed E-state index contributed by atoms with van der Waals surface area (Å²) in [5.41, 5.74) is 0. The minimum atomic E-state index is -0.506. The highest BCUT2D eigenvalue weighted by Crippen LogP contribution is 2.07. The van der Waals surface area contributed by atoms with Gasteiger partial charge in [-0.1, -0.05) is 35.4 Å². The molecule has 0 heterocycles. The average Bonchev–Trinajstić information content (AvgIpc) is 1.63. The van der Waals surface area contributed by atoms with Gasteiger partial charge in [0.25, 0.3) is 0 Å². The Labute approximate surface area is 74.0 Å². The molecular weight excluding hydrogens is 202 g/mol. The van der Waals surface area contributed by atoms with Crippen LogP contribution in [0, 0.1) is 0 Å². The second-order valence-electron chi connectivity index (χ2n) is 1.18. The lowest BCUT2D eigenvalue weighted by molar-refractivity contribution is 1.60. The molecule has 0 saturated heterocycles. The molecule has 0 nitrogen and oxygen atoms in total. The van der Waals surface area contributed by atoms with Crippen molar-refractivity contribution >= 4 is 46.4 Å². The van der Waals surface area contributed by atoms with E-state index in [9.17, 15) is 0 Å². The van der Waals surface area contributed by atoms with Crippen LogP contribution in [0.15, 0.2) is 22.7 Å². The van der Waals surface area contributed by atoms with E-state index in [1.165, 1.54) is 6.08 Å². The van der Waals surface area contributed by atoms with Crippen molar-refractivity contribution in [1.29, 1.82) is 0 Å². The molecule has 0 aromatic heterocycles. The molecule has 0 atom stereocenters. The van der Waals surface area contributed by atoms with Crippen molar-refractivity contribution in [2.45, 2.75) is 4.84 Å². The van der Waals surface area contributed by atoms with Gasteiger partial charge in [0, 0.05) is 0 Å². The number of hydrogen-bond donors (Lipinski definition) is 0. The quantitative estimate of drug-likeness (QED) is 0.477. The third-order valence-electron chi connectivity index (χ3n) is 0.479. The maximum atomic E-state index is 5.32. The first-order valence-electron chi connectivity index (χ1n) is 2.10. The molecule has 0 aliphatic heterocycles. The fraction of sp³-hybridized carbons (Fsp3) is 0.200. The van der Waals surface area contributed by atoms with Crippen LogP contribution in [-0.4, -0.2) is 4.84 Å². The fourth-order valence-corrected chi connectivity index (χ4v) is 0.526. The first-order chi connectivity index (χ1) is 4.13. The SMILES string of the molecule is ClC(Cl)=CC=CC(Cl)Cl. The van der Waals surface area contributed by atoms with E-state index in [4.69, 9.17) is 46.4 Å². The minimum absolute atomic E-state index is 0.181. The molecule has 0 aromatic rings. The molecule has 0 amide bonds. The summed E-state index contributed by atoms with van der Waals surface area (Å²) in [5.74, 6) is 0. The van der Waals surface area contributed by atoms with E-state index in [1.54, 1.807) is 12.2 Å². The molecule has 4 heteroatoms. The molecule has 0 bridgehead atoms. The monoisotopic (exact) mass is 204 g/mol. The second-order valence-corrected chi connectivity index (χ2v) is 3.35. The molecule has 0 spiro atoms. The van der Waals surface area contributed by atoms with Crippen LogP contribution in [0.3, 0.4) is 0 Å². The van der Waals surface area contributed by atoms with Gasteiger partial charge in [0.05, 0.1) is 0 Å². The molecule has 0 radical (unpaired) electrons. The van der Waals surface area contributed by atoms with E-state index >= 15 is 0 Å². The summed E-state index contributed by atoms with van der Waals surface area (Å²) >= 11 is 21.1. The third kappa shape index (κ3) is 8.64. The maximum Gasteiger partial charge on any atom is 0.126 e. The molecule has 0 fully saturated rings. The van der Waals surface area contributed by atoms with Gasteiger partial charge in [-0.25, -0.2) is 0 Å². The van der Waals surface area contributed by atoms with Crippen molar-refractivity contribution in [3.8, 4) is 0 Å². The van der Waals surface area contributed by atoms with Crippen molar-refractivity contribution in [2.75, 3.05) is 0 Å². The number of halogens is 4. The highest BCUT2D eigenvalue weighted by atomic mass is 35.5. The summed E-state index contributed by atoms with van der Waals surface area (Å²) < 4.78 is 0.181. The Morgan fingerprint density at radius 3 is 2.11 bits per heavy atom. The van der Waals surface area contributed by atoms with E-state index in [0.29, 0.717) is 0 Å². The third-order valence-corrected chi connectivity index (χ3v) is 1.02. The Hall–Kier alpha value is 0.640. The van der Waals surface area contributed by atoms with Crippen LogP contribution in [0.2, 0.25) is 0 Å². The zero-order chi connectivity index (χ0) is 7.28. The van der Waals surface area contributed by atoms with E-state index < -0.39 is 4.84 Å². The Morgan fingerprint density at radius 2 is 1.78 bits per heavy atom. The van der Waals surface area contributed by atoms with Gasteiger partial charge in [-0.05, 0) is 6.08 Å². The van der Waals surface area contributed by atoms with Gasteiger partial charge in [0.1, 0.15) is 9.33 Å². The molecule has 0 unspecified atom stereocenters. The normalized spacial score (nSPS) is 10.8. The number of rotatable bonds is 2. The van der Waals surface area contributed by atoms with Gasteiger partial charge in [0.15, 0.2) is 0 Å². The van der Waals surface area contributed by atoms with Crippen LogP contribution in [-0.2, 0) is 0 Å². The number of allylic oxidation sites excluding steroid dienone is 3. The van der Waals surface area contributed by atoms with Crippen molar-refractivity contribution in [3.05, 3.63) is 22.7 Å². The summed E-state index contributed by atoms with van der Waals surface area (Å²) in [4.78, 5) is -0.506. The van der Waals surface area contributed by atoms with Gasteiger partial charge >= 0.3 is 0 Å². The predicted octanol–water partition coefficient (Wildman–Crippen LogP) is 3.67. The first-order valence-corrected chi connectivity index (χ1v) is 3.73. The van der Waals surface area contributed by atoms with Crippen LogP contribution >= 0.6 is 46.4 Å². The lowest BCUT2D eigenvalue weighted by atomic mass is 10.5. The van der Waals surface area contributed by atoms with E-state index in [-0.39, 0.29) is 4.49 Å². The number of hydrogen-bond acceptors (Lipinski definition) is 0. The Kier molecular flexibility index (Phi) is 5.81. The van der Waals surface area contributed by atoms with E-state index in [2.05, 4.69) is 0 Å². The molecule has 52 valence electrons. The predicted molar refractivity (Wildman–Crippen MR) is 44.4 cm³/mol. The van der Waals surface area contributed by atoms with E-state index in [1.807, 2.05) is 0 Å². The standard InChI is InChI=1S/C5H4Cl4/c6-4(7)2-1-3-5(8)9/h1-4H.